The van der Waals surface area contributed by atoms with E-state index in [1.54, 1.807) is 24.0 Å². The van der Waals surface area contributed by atoms with Gasteiger partial charge in [0.05, 0.1) is 42.6 Å². The van der Waals surface area contributed by atoms with Crippen molar-refractivity contribution in [1.82, 2.24) is 15.1 Å². The number of aldehydes is 1. The average molecular weight is 620 g/mol. The van der Waals surface area contributed by atoms with Gasteiger partial charge in [-0.25, -0.2) is 4.39 Å². The van der Waals surface area contributed by atoms with Crippen LogP contribution in [0.3, 0.4) is 0 Å². The largest absolute Gasteiger partial charge is 0.376 e. The van der Waals surface area contributed by atoms with E-state index in [4.69, 9.17) is 44.0 Å². The molecule has 0 bridgehead atoms. The van der Waals surface area contributed by atoms with Crippen LogP contribution in [0.25, 0.3) is 0 Å². The second kappa shape index (κ2) is 13.6. The number of amides is 2. The molecule has 2 aromatic carbocycles. The fourth-order valence-corrected chi connectivity index (χ4v) is 6.27. The van der Waals surface area contributed by atoms with Gasteiger partial charge >= 0.3 is 0 Å². The van der Waals surface area contributed by atoms with E-state index < -0.39 is 50.8 Å². The second-order valence-electron chi connectivity index (χ2n) is 13.1. The number of likely N-dealkylation sites (N-methyl/N-ethyl adjacent to an activating group) is 1. The van der Waals surface area contributed by atoms with Crippen LogP contribution in [0.2, 0.25) is 0 Å². The molecule has 9 nitrogen and oxygen atoms in total. The second-order valence-corrected chi connectivity index (χ2v) is 13.1. The molecule has 2 unspecified atom stereocenters. The summed E-state index contributed by atoms with van der Waals surface area (Å²) in [6.45, 7) is 9.74. The highest BCUT2D eigenvalue weighted by Gasteiger charge is 2.45. The van der Waals surface area contributed by atoms with Gasteiger partial charge in [0, 0.05) is 37.8 Å². The number of halogens is 1. The summed E-state index contributed by atoms with van der Waals surface area (Å²) >= 11 is 0. The molecule has 234 valence electrons. The fourth-order valence-electron chi connectivity index (χ4n) is 6.27. The van der Waals surface area contributed by atoms with Crippen molar-refractivity contribution in [2.24, 2.45) is 0 Å². The molecule has 3 N–H and O–H groups in total. The van der Waals surface area contributed by atoms with Gasteiger partial charge in [0.2, 0.25) is 12.3 Å². The minimum Gasteiger partial charge on any atom is -0.376 e. The first kappa shape index (κ1) is 37.4. The molecule has 1 aliphatic heterocycles. The van der Waals surface area contributed by atoms with Gasteiger partial charge < -0.3 is 35.1 Å². The van der Waals surface area contributed by atoms with Gasteiger partial charge in [-0.3, -0.25) is 9.59 Å². The minimum atomic E-state index is -2.60. The van der Waals surface area contributed by atoms with Crippen molar-refractivity contribution in [3.63, 3.8) is 0 Å². The van der Waals surface area contributed by atoms with Crippen LogP contribution in [0.15, 0.2) is 36.4 Å². The first-order chi connectivity index (χ1) is 21.1. The van der Waals surface area contributed by atoms with Gasteiger partial charge in [0.15, 0.2) is 7.85 Å². The standard InChI is InChI=1S/C31H38B5FN4O5/c1-19-10-7-13-22(24(19)30(34,35)41(18-43)23(14-9-15-42)26(44)38-6)39-31(36,45)21-12-8-11-20(25(21)37)29(32,33)40-16-27(2,3)46-28(4,5)17-40/h7-8,10-13,15,18,23,39,45H,9,14,16-17H2,1-6H3,(H,38,44). The molecule has 0 aliphatic carbocycles. The Hall–Kier alpha value is -3.02. The highest BCUT2D eigenvalue weighted by molar-refractivity contribution is 6.41. The Bertz CT molecular complexity index is 1440. The topological polar surface area (TPSA) is 111 Å². The van der Waals surface area contributed by atoms with Crippen molar-refractivity contribution >= 4 is 63.5 Å². The van der Waals surface area contributed by atoms with Crippen LogP contribution in [0.5, 0.6) is 0 Å². The smallest absolute Gasteiger partial charge is 0.242 e. The summed E-state index contributed by atoms with van der Waals surface area (Å²) in [4.78, 5) is 38.8. The SMILES string of the molecule is [B]C(O)(Nc1cccc(C)c1C([B])([B])N(C=O)C(CCC=O)C(=O)NC)c1cccc(C([B])([B])N2CC(C)(C)OC(C)(C)C2)c1F. The Balaban J connectivity index is 2.08. The van der Waals surface area contributed by atoms with Crippen molar-refractivity contribution in [3.8, 4) is 0 Å². The zero-order valence-electron chi connectivity index (χ0n) is 27.3. The lowest BCUT2D eigenvalue weighted by Crippen LogP contribution is -2.63. The Kier molecular flexibility index (Phi) is 11.1. The number of rotatable bonds is 13. The van der Waals surface area contributed by atoms with Gasteiger partial charge in [-0.05, 0) is 74.5 Å². The molecule has 2 atom stereocenters. The van der Waals surface area contributed by atoms with E-state index >= 15 is 4.39 Å². The molecule has 3 rings (SSSR count). The molecule has 2 aromatic rings. The predicted octanol–water partition coefficient (Wildman–Crippen LogP) is 0.853. The molecule has 46 heavy (non-hydrogen) atoms. The number of aliphatic hydroxyl groups is 1. The van der Waals surface area contributed by atoms with Crippen LogP contribution in [-0.4, -0.2) is 110 Å². The first-order valence-corrected chi connectivity index (χ1v) is 14.8. The maximum Gasteiger partial charge on any atom is 0.242 e. The summed E-state index contributed by atoms with van der Waals surface area (Å²) in [7, 11) is 34.1. The molecule has 1 heterocycles. The van der Waals surface area contributed by atoms with E-state index in [0.717, 1.165) is 4.90 Å². The number of carbonyl (C=O) groups excluding carboxylic acids is 3. The first-order valence-electron chi connectivity index (χ1n) is 14.8. The number of anilines is 1. The Morgan fingerprint density at radius 3 is 2.17 bits per heavy atom. The van der Waals surface area contributed by atoms with Gasteiger partial charge in [0.1, 0.15) is 23.8 Å². The third kappa shape index (κ3) is 7.74. The van der Waals surface area contributed by atoms with Crippen molar-refractivity contribution in [3.05, 3.63) is 64.5 Å². The third-order valence-electron chi connectivity index (χ3n) is 8.04. The summed E-state index contributed by atoms with van der Waals surface area (Å²) in [6, 6.07) is 7.61. The molecule has 0 saturated carbocycles. The lowest BCUT2D eigenvalue weighted by atomic mass is 9.55. The summed E-state index contributed by atoms with van der Waals surface area (Å²) in [5.41, 5.74) is -3.88. The van der Waals surface area contributed by atoms with Crippen LogP contribution in [0.4, 0.5) is 10.1 Å². The van der Waals surface area contributed by atoms with E-state index in [9.17, 15) is 19.5 Å². The number of aryl methyl sites for hydroxylation is 1. The zero-order valence-corrected chi connectivity index (χ0v) is 27.3. The molecule has 15 heteroatoms. The molecule has 1 aliphatic rings. The molecular weight excluding hydrogens is 581 g/mol. The molecular formula is C31H38B5FN4O5. The Morgan fingerprint density at radius 2 is 1.63 bits per heavy atom. The fraction of sp³-hybridized carbons (Fsp3) is 0.516. The third-order valence-corrected chi connectivity index (χ3v) is 8.04. The maximum absolute atomic E-state index is 16.4. The van der Waals surface area contributed by atoms with Gasteiger partial charge in [-0.1, -0.05) is 30.3 Å². The number of nitrogens with zero attached hydrogens (tertiary/aromatic N) is 2. The van der Waals surface area contributed by atoms with E-state index in [2.05, 4.69) is 10.6 Å². The van der Waals surface area contributed by atoms with Gasteiger partial charge in [0.25, 0.3) is 0 Å². The number of ether oxygens (including phenoxy) is 1. The van der Waals surface area contributed by atoms with E-state index in [1.165, 1.54) is 31.3 Å². The predicted molar refractivity (Wildman–Crippen MR) is 179 cm³/mol. The van der Waals surface area contributed by atoms with E-state index in [0.29, 0.717) is 18.3 Å². The summed E-state index contributed by atoms with van der Waals surface area (Å²) in [5, 5.41) is 12.7. The highest BCUT2D eigenvalue weighted by Crippen LogP contribution is 2.39. The summed E-state index contributed by atoms with van der Waals surface area (Å²) in [5.74, 6) is -1.57. The normalized spacial score (nSPS) is 18.5. The molecule has 0 spiro atoms. The molecule has 2 amide bonds. The average Bonchev–Trinajstić information content (AvgIpc) is 2.92. The van der Waals surface area contributed by atoms with Gasteiger partial charge in [-0.2, -0.15) is 0 Å². The molecule has 1 saturated heterocycles. The number of nitrogens with one attached hydrogen (secondary N) is 2. The van der Waals surface area contributed by atoms with Crippen LogP contribution in [0, 0.1) is 12.7 Å². The number of morpholine rings is 1. The van der Waals surface area contributed by atoms with Crippen LogP contribution < -0.4 is 10.6 Å². The number of benzene rings is 2. The highest BCUT2D eigenvalue weighted by atomic mass is 19.1. The number of hydrogen-bond acceptors (Lipinski definition) is 7. The number of hydrogen-bond donors (Lipinski definition) is 3. The van der Waals surface area contributed by atoms with Gasteiger partial charge in [-0.15, -0.1) is 0 Å². The van der Waals surface area contributed by atoms with Crippen molar-refractivity contribution < 1.29 is 28.6 Å². The molecule has 1 fully saturated rings. The minimum absolute atomic E-state index is 0.0288. The van der Waals surface area contributed by atoms with Crippen LogP contribution in [-0.2, 0) is 35.4 Å². The summed E-state index contributed by atoms with van der Waals surface area (Å²) in [6.07, 6.45) is 0.778. The summed E-state index contributed by atoms with van der Waals surface area (Å²) < 4.78 is 22.5. The quantitative estimate of drug-likeness (QED) is 0.173. The van der Waals surface area contributed by atoms with Crippen molar-refractivity contribution in [2.45, 2.75) is 81.0 Å². The van der Waals surface area contributed by atoms with Crippen molar-refractivity contribution in [1.29, 1.82) is 0 Å². The Morgan fingerprint density at radius 1 is 1.07 bits per heavy atom. The van der Waals surface area contributed by atoms with Crippen LogP contribution >= 0.6 is 0 Å². The molecule has 0 aromatic heterocycles. The van der Waals surface area contributed by atoms with E-state index in [1.807, 2.05) is 27.7 Å². The van der Waals surface area contributed by atoms with Crippen LogP contribution in [0.1, 0.15) is 62.8 Å². The lowest BCUT2D eigenvalue weighted by Gasteiger charge is -2.53. The van der Waals surface area contributed by atoms with E-state index in [-0.39, 0.29) is 42.7 Å². The lowest BCUT2D eigenvalue weighted by molar-refractivity contribution is -0.186. The monoisotopic (exact) mass is 620 g/mol. The Labute approximate surface area is 277 Å². The number of carbonyl (C=O) groups is 3. The zero-order chi connectivity index (χ0) is 34.9. The maximum atomic E-state index is 16.4. The van der Waals surface area contributed by atoms with Crippen molar-refractivity contribution in [2.75, 3.05) is 25.5 Å². The molecule has 10 radical (unpaired) electrons.